The first kappa shape index (κ1) is 32.4. The van der Waals surface area contributed by atoms with E-state index in [0.717, 1.165) is 47.6 Å². The van der Waals surface area contributed by atoms with E-state index in [9.17, 15) is 13.9 Å². The third-order valence-corrected chi connectivity index (χ3v) is 8.14. The van der Waals surface area contributed by atoms with Crippen LogP contribution in [0.2, 0.25) is 0 Å². The smallest absolute Gasteiger partial charge is 0.231 e. The molecule has 0 atom stereocenters. The number of benzene rings is 3. The van der Waals surface area contributed by atoms with E-state index in [1.807, 2.05) is 0 Å². The van der Waals surface area contributed by atoms with Gasteiger partial charge in [-0.05, 0) is 35.9 Å². The molecule has 0 unspecified atom stereocenters. The number of hydrogen-bond donors (Lipinski definition) is 1. The van der Waals surface area contributed by atoms with Gasteiger partial charge >= 0.3 is 0 Å². The quantitative estimate of drug-likeness (QED) is 0.252. The number of aromatic nitrogens is 6. The average molecular weight is 745 g/mol. The molecular formula is C31H29Br2F2N7O3. The van der Waals surface area contributed by atoms with Crippen molar-refractivity contribution in [2.45, 2.75) is 38.6 Å². The number of halogens is 4. The van der Waals surface area contributed by atoms with Crippen molar-refractivity contribution in [1.29, 1.82) is 0 Å². The van der Waals surface area contributed by atoms with Crippen molar-refractivity contribution >= 4 is 21.6 Å². The van der Waals surface area contributed by atoms with Crippen LogP contribution in [0.15, 0.2) is 84.4 Å². The Morgan fingerprint density at radius 3 is 2.18 bits per heavy atom. The van der Waals surface area contributed by atoms with Gasteiger partial charge in [0.05, 0.1) is 13.1 Å². The lowest BCUT2D eigenvalue weighted by molar-refractivity contribution is -0.545. The number of ether oxygens (including phenoxy) is 2. The summed E-state index contributed by atoms with van der Waals surface area (Å²) in [6.45, 7) is 4.35. The molecule has 0 saturated heterocycles. The van der Waals surface area contributed by atoms with E-state index >= 15 is 0 Å². The number of rotatable bonds is 7. The topological polar surface area (TPSA) is 103 Å². The Bertz CT molecular complexity index is 1750. The van der Waals surface area contributed by atoms with Crippen molar-refractivity contribution in [2.75, 3.05) is 13.3 Å². The lowest BCUT2D eigenvalue weighted by Gasteiger charge is -2.28. The molecule has 0 radical (unpaired) electrons. The monoisotopic (exact) mass is 743 g/mol. The molecule has 0 amide bonds. The van der Waals surface area contributed by atoms with Gasteiger partial charge in [-0.1, -0.05) is 34.1 Å². The zero-order valence-electron chi connectivity index (χ0n) is 24.2. The highest BCUT2D eigenvalue weighted by Gasteiger charge is 2.34. The second-order valence-electron chi connectivity index (χ2n) is 10.6. The summed E-state index contributed by atoms with van der Waals surface area (Å²) in [6, 6.07) is 15.8. The maximum atomic E-state index is 14.1. The van der Waals surface area contributed by atoms with Crippen LogP contribution < -0.4 is 26.5 Å². The van der Waals surface area contributed by atoms with Gasteiger partial charge in [-0.2, -0.15) is 10.2 Å². The van der Waals surface area contributed by atoms with Crippen molar-refractivity contribution in [3.05, 3.63) is 118 Å². The molecule has 2 aromatic heterocycles. The maximum Gasteiger partial charge on any atom is 0.231 e. The highest BCUT2D eigenvalue weighted by Crippen LogP contribution is 2.36. The highest BCUT2D eigenvalue weighted by molar-refractivity contribution is 9.10. The van der Waals surface area contributed by atoms with Crippen molar-refractivity contribution in [2.24, 2.45) is 0 Å². The van der Waals surface area contributed by atoms with E-state index in [2.05, 4.69) is 84.0 Å². The minimum Gasteiger partial charge on any atom is -1.00 e. The number of aliphatic hydroxyl groups is 1. The lowest BCUT2D eigenvalue weighted by Crippen LogP contribution is -3.00. The minimum atomic E-state index is -1.70. The third kappa shape index (κ3) is 7.45. The van der Waals surface area contributed by atoms with Gasteiger partial charge in [0.1, 0.15) is 49.1 Å². The molecule has 45 heavy (non-hydrogen) atoms. The molecule has 0 fully saturated rings. The largest absolute Gasteiger partial charge is 1.00 e. The Hall–Kier alpha value is -4.01. The molecule has 0 bridgehead atoms. The Kier molecular flexibility index (Phi) is 10.0. The normalized spacial score (nSPS) is 13.5. The van der Waals surface area contributed by atoms with E-state index in [1.54, 1.807) is 0 Å². The van der Waals surface area contributed by atoms with Gasteiger partial charge in [0.25, 0.3) is 0 Å². The van der Waals surface area contributed by atoms with Crippen LogP contribution in [-0.2, 0) is 31.7 Å². The van der Waals surface area contributed by atoms with Gasteiger partial charge in [-0.3, -0.25) is 0 Å². The molecule has 0 saturated carbocycles. The summed E-state index contributed by atoms with van der Waals surface area (Å²) < 4.78 is 44.5. The zero-order valence-corrected chi connectivity index (χ0v) is 27.3. The zero-order chi connectivity index (χ0) is 30.7. The molecule has 0 spiro atoms. The van der Waals surface area contributed by atoms with Crippen LogP contribution >= 0.6 is 15.9 Å². The van der Waals surface area contributed by atoms with Gasteiger partial charge in [0.15, 0.2) is 23.8 Å². The van der Waals surface area contributed by atoms with E-state index < -0.39 is 17.2 Å². The van der Waals surface area contributed by atoms with E-state index in [1.165, 1.54) is 63.1 Å². The van der Waals surface area contributed by atoms with E-state index in [0.29, 0.717) is 6.79 Å². The molecule has 0 aliphatic carbocycles. The van der Waals surface area contributed by atoms with Crippen LogP contribution in [-0.4, -0.2) is 58.3 Å². The van der Waals surface area contributed by atoms with E-state index in [4.69, 9.17) is 9.47 Å². The first-order valence-corrected chi connectivity index (χ1v) is 14.7. The molecular weight excluding hydrogens is 716 g/mol. The Balaban J connectivity index is 0.000000174. The number of nitrogens with zero attached hydrogens (tertiary/aromatic N) is 7. The molecule has 5 aromatic rings. The van der Waals surface area contributed by atoms with Gasteiger partial charge in [-0.25, -0.2) is 32.7 Å². The van der Waals surface area contributed by atoms with Gasteiger partial charge < -0.3 is 31.6 Å². The fraction of sp³-hybridized carbons (Fsp3) is 0.258. The summed E-state index contributed by atoms with van der Waals surface area (Å²) in [5, 5.41) is 18.8. The summed E-state index contributed by atoms with van der Waals surface area (Å²) in [7, 11) is 0. The standard InChI is InChI=1S/C18H17BrNO2.C13H12F2N6O.BrH/c1-12-16-9-18-17(21-11-22-18)8-14(16)6-7-20(12)10-13-2-4-15(19)5-3-13;14-10-1-2-11(12(15)3-10)13(22,4-20-8-16-6-18-20)5-21-9-17-7-19-21;/h2-5,8-9H,6-7,10-11H2,1H3;1-3,6-9,22H,4-5H2;1H/q+1;;/p-1. The molecule has 14 heteroatoms. The molecule has 234 valence electrons. The first-order chi connectivity index (χ1) is 21.3. The number of fused-ring (bicyclic) bond motifs is 2. The molecule has 4 heterocycles. The minimum absolute atomic E-state index is 0. The second-order valence-corrected chi connectivity index (χ2v) is 11.5. The molecule has 7 rings (SSSR count). The Labute approximate surface area is 276 Å². The predicted octanol–water partition coefficient (Wildman–Crippen LogP) is 1.50. The van der Waals surface area contributed by atoms with Gasteiger partial charge in [0, 0.05) is 40.6 Å². The Morgan fingerprint density at radius 1 is 0.933 bits per heavy atom. The predicted molar refractivity (Wildman–Crippen MR) is 159 cm³/mol. The third-order valence-electron chi connectivity index (χ3n) is 7.61. The fourth-order valence-electron chi connectivity index (χ4n) is 5.38. The van der Waals surface area contributed by atoms with E-state index in [-0.39, 0.29) is 35.6 Å². The molecule has 3 aromatic carbocycles. The van der Waals surface area contributed by atoms with Crippen molar-refractivity contribution in [1.82, 2.24) is 29.5 Å². The molecule has 10 nitrogen and oxygen atoms in total. The van der Waals surface area contributed by atoms with Gasteiger partial charge in [0.2, 0.25) is 6.79 Å². The second kappa shape index (κ2) is 14.0. The van der Waals surface area contributed by atoms with Crippen molar-refractivity contribution < 1.29 is 44.9 Å². The molecule has 1 N–H and O–H groups in total. The fourth-order valence-corrected chi connectivity index (χ4v) is 5.65. The van der Waals surface area contributed by atoms with Crippen LogP contribution in [0, 0.1) is 11.6 Å². The molecule has 2 aliphatic rings. The Morgan fingerprint density at radius 2 is 1.58 bits per heavy atom. The lowest BCUT2D eigenvalue weighted by atomic mass is 9.93. The average Bonchev–Trinajstić information content (AvgIpc) is 3.79. The summed E-state index contributed by atoms with van der Waals surface area (Å²) in [6.07, 6.45) is 6.44. The van der Waals surface area contributed by atoms with Crippen molar-refractivity contribution in [3.63, 3.8) is 0 Å². The SMILES string of the molecule is CC1=[N+](Cc2ccc(Br)cc2)CCc2cc3c(cc21)OCO3.OC(Cn1cncn1)(Cn1cncn1)c1ccc(F)cc1F.[Br-]. The summed E-state index contributed by atoms with van der Waals surface area (Å²) >= 11 is 3.49. The van der Waals surface area contributed by atoms with Crippen LogP contribution in [0.5, 0.6) is 11.5 Å². The summed E-state index contributed by atoms with van der Waals surface area (Å²) in [5.41, 5.74) is 3.52. The summed E-state index contributed by atoms with van der Waals surface area (Å²) in [5.74, 6) is 0.185. The van der Waals surface area contributed by atoms with Gasteiger partial charge in [-0.15, -0.1) is 0 Å². The van der Waals surface area contributed by atoms with Crippen LogP contribution in [0.25, 0.3) is 0 Å². The first-order valence-electron chi connectivity index (χ1n) is 13.9. The van der Waals surface area contributed by atoms with Crippen LogP contribution in [0.1, 0.15) is 29.2 Å². The number of hydrogen-bond acceptors (Lipinski definition) is 7. The van der Waals surface area contributed by atoms with Crippen molar-refractivity contribution in [3.8, 4) is 11.5 Å². The highest BCUT2D eigenvalue weighted by atomic mass is 79.9. The molecule has 2 aliphatic heterocycles. The maximum absolute atomic E-state index is 14.1. The summed E-state index contributed by atoms with van der Waals surface area (Å²) in [4.78, 5) is 7.57. The van der Waals surface area contributed by atoms with Crippen LogP contribution in [0.3, 0.4) is 0 Å². The van der Waals surface area contributed by atoms with Crippen LogP contribution in [0.4, 0.5) is 8.78 Å².